The van der Waals surface area contributed by atoms with Gasteiger partial charge in [0.2, 0.25) is 0 Å². The van der Waals surface area contributed by atoms with Gasteiger partial charge in [0.1, 0.15) is 0 Å². The standard InChI is InChI=1S/C13H9ClN2O3/c14-15(13(17)10-4-2-1-3-5-10)11-6-8-12(9-7-11)16(18)19/h1-9H. The molecular weight excluding hydrogens is 268 g/mol. The lowest BCUT2D eigenvalue weighted by Crippen LogP contribution is -2.20. The Morgan fingerprint density at radius 2 is 1.63 bits per heavy atom. The van der Waals surface area contributed by atoms with Crippen molar-refractivity contribution >= 4 is 29.1 Å². The van der Waals surface area contributed by atoms with Gasteiger partial charge in [0.15, 0.2) is 0 Å². The van der Waals surface area contributed by atoms with Crippen molar-refractivity contribution < 1.29 is 9.72 Å². The average Bonchev–Trinajstić information content (AvgIpc) is 2.46. The molecule has 2 aromatic carbocycles. The van der Waals surface area contributed by atoms with Crippen molar-refractivity contribution in [2.45, 2.75) is 0 Å². The third kappa shape index (κ3) is 2.89. The number of hydrogen-bond donors (Lipinski definition) is 0. The van der Waals surface area contributed by atoms with E-state index in [1.165, 1.54) is 24.3 Å². The number of amides is 1. The number of non-ortho nitro benzene ring substituents is 1. The molecule has 6 heteroatoms. The molecule has 0 N–H and O–H groups in total. The third-order valence-electron chi connectivity index (χ3n) is 2.49. The summed E-state index contributed by atoms with van der Waals surface area (Å²) in [6, 6.07) is 14.0. The maximum absolute atomic E-state index is 12.0. The highest BCUT2D eigenvalue weighted by atomic mass is 35.5. The van der Waals surface area contributed by atoms with Gasteiger partial charge in [0.05, 0.1) is 10.6 Å². The molecule has 1 amide bonds. The summed E-state index contributed by atoms with van der Waals surface area (Å²) >= 11 is 5.94. The summed E-state index contributed by atoms with van der Waals surface area (Å²) in [7, 11) is 0. The molecule has 2 rings (SSSR count). The van der Waals surface area contributed by atoms with E-state index >= 15 is 0 Å². The topological polar surface area (TPSA) is 63.5 Å². The monoisotopic (exact) mass is 276 g/mol. The lowest BCUT2D eigenvalue weighted by Gasteiger charge is -2.13. The van der Waals surface area contributed by atoms with Gasteiger partial charge < -0.3 is 0 Å². The van der Waals surface area contributed by atoms with Crippen LogP contribution in [-0.4, -0.2) is 10.8 Å². The second-order valence-electron chi connectivity index (χ2n) is 3.73. The molecule has 0 spiro atoms. The van der Waals surface area contributed by atoms with Crippen LogP contribution < -0.4 is 4.42 Å². The van der Waals surface area contributed by atoms with Crippen LogP contribution in [0.2, 0.25) is 0 Å². The van der Waals surface area contributed by atoms with Crippen LogP contribution in [0.3, 0.4) is 0 Å². The van der Waals surface area contributed by atoms with Crippen molar-refractivity contribution in [1.82, 2.24) is 0 Å². The first-order valence-corrected chi connectivity index (χ1v) is 5.73. The van der Waals surface area contributed by atoms with E-state index in [2.05, 4.69) is 0 Å². The van der Waals surface area contributed by atoms with Crippen LogP contribution in [0, 0.1) is 10.1 Å². The van der Waals surface area contributed by atoms with Gasteiger partial charge in [-0.2, -0.15) is 0 Å². The lowest BCUT2D eigenvalue weighted by atomic mass is 10.2. The molecule has 19 heavy (non-hydrogen) atoms. The van der Waals surface area contributed by atoms with Gasteiger partial charge in [-0.3, -0.25) is 14.9 Å². The molecule has 0 radical (unpaired) electrons. The SMILES string of the molecule is O=C(c1ccccc1)N(Cl)c1ccc([N+](=O)[O-])cc1. The summed E-state index contributed by atoms with van der Waals surface area (Å²) in [6.07, 6.45) is 0. The van der Waals surface area contributed by atoms with Crippen LogP contribution in [0.25, 0.3) is 0 Å². The van der Waals surface area contributed by atoms with Crippen LogP contribution in [0.4, 0.5) is 11.4 Å². The van der Waals surface area contributed by atoms with Crippen molar-refractivity contribution in [3.8, 4) is 0 Å². The highest BCUT2D eigenvalue weighted by molar-refractivity contribution is 6.39. The second kappa shape index (κ2) is 5.49. The van der Waals surface area contributed by atoms with E-state index in [9.17, 15) is 14.9 Å². The van der Waals surface area contributed by atoms with Crippen LogP contribution >= 0.6 is 11.8 Å². The zero-order valence-corrected chi connectivity index (χ0v) is 10.4. The maximum Gasteiger partial charge on any atom is 0.272 e. The summed E-state index contributed by atoms with van der Waals surface area (Å²) in [6.45, 7) is 0. The van der Waals surface area contributed by atoms with E-state index in [1.807, 2.05) is 0 Å². The maximum atomic E-state index is 12.0. The molecule has 96 valence electrons. The van der Waals surface area contributed by atoms with Gasteiger partial charge in [-0.1, -0.05) is 18.2 Å². The predicted molar refractivity (Wildman–Crippen MR) is 72.2 cm³/mol. The Bertz CT molecular complexity index is 599. The number of hydrogen-bond acceptors (Lipinski definition) is 3. The zero-order chi connectivity index (χ0) is 13.8. The Balaban J connectivity index is 2.22. The first-order valence-electron chi connectivity index (χ1n) is 5.39. The summed E-state index contributed by atoms with van der Waals surface area (Å²) in [5, 5.41) is 10.5. The van der Waals surface area contributed by atoms with Crippen LogP contribution in [-0.2, 0) is 0 Å². The zero-order valence-electron chi connectivity index (χ0n) is 9.69. The van der Waals surface area contributed by atoms with Crippen LogP contribution in [0.15, 0.2) is 54.6 Å². The first kappa shape index (κ1) is 13.0. The van der Waals surface area contributed by atoms with E-state index in [0.717, 1.165) is 4.42 Å². The molecule has 0 fully saturated rings. The van der Waals surface area contributed by atoms with Gasteiger partial charge in [0.25, 0.3) is 11.6 Å². The lowest BCUT2D eigenvalue weighted by molar-refractivity contribution is -0.384. The Kier molecular flexibility index (Phi) is 3.77. The van der Waals surface area contributed by atoms with Crippen LogP contribution in [0.5, 0.6) is 0 Å². The summed E-state index contributed by atoms with van der Waals surface area (Å²) in [5.74, 6) is -0.392. The number of anilines is 1. The van der Waals surface area contributed by atoms with Crippen molar-refractivity contribution in [2.75, 3.05) is 4.42 Å². The molecule has 2 aromatic rings. The number of carbonyl (C=O) groups is 1. The minimum absolute atomic E-state index is 0.0547. The molecule has 0 heterocycles. The van der Waals surface area contributed by atoms with Crippen molar-refractivity contribution in [1.29, 1.82) is 0 Å². The number of nitrogens with zero attached hydrogens (tertiary/aromatic N) is 2. The summed E-state index contributed by atoms with van der Waals surface area (Å²) in [5.41, 5.74) is 0.762. The highest BCUT2D eigenvalue weighted by Gasteiger charge is 2.16. The van der Waals surface area contributed by atoms with E-state index in [4.69, 9.17) is 11.8 Å². The van der Waals surface area contributed by atoms with Crippen molar-refractivity contribution in [2.24, 2.45) is 0 Å². The number of nitro benzene ring substituents is 1. The Hall–Kier alpha value is -2.40. The Morgan fingerprint density at radius 1 is 1.05 bits per heavy atom. The minimum atomic E-state index is -0.513. The van der Waals surface area contributed by atoms with E-state index in [0.29, 0.717) is 11.3 Å². The van der Waals surface area contributed by atoms with Crippen molar-refractivity contribution in [3.63, 3.8) is 0 Å². The van der Waals surface area contributed by atoms with E-state index < -0.39 is 10.8 Å². The largest absolute Gasteiger partial charge is 0.272 e. The highest BCUT2D eigenvalue weighted by Crippen LogP contribution is 2.22. The van der Waals surface area contributed by atoms with Crippen molar-refractivity contribution in [3.05, 3.63) is 70.3 Å². The fraction of sp³-hybridized carbons (Fsp3) is 0. The molecule has 0 unspecified atom stereocenters. The number of carbonyl (C=O) groups excluding carboxylic acids is 1. The quantitative estimate of drug-likeness (QED) is 0.490. The Labute approximate surface area is 114 Å². The van der Waals surface area contributed by atoms with E-state index in [-0.39, 0.29) is 5.69 Å². The second-order valence-corrected chi connectivity index (χ2v) is 4.06. The number of benzene rings is 2. The smallest absolute Gasteiger partial charge is 0.267 e. The fourth-order valence-corrected chi connectivity index (χ4v) is 1.73. The Morgan fingerprint density at radius 3 is 2.16 bits per heavy atom. The first-order chi connectivity index (χ1) is 9.09. The molecule has 0 aliphatic heterocycles. The molecular formula is C13H9ClN2O3. The predicted octanol–water partition coefficient (Wildman–Crippen LogP) is 3.40. The number of halogens is 1. The summed E-state index contributed by atoms with van der Waals surface area (Å²) in [4.78, 5) is 22.0. The van der Waals surface area contributed by atoms with Gasteiger partial charge in [-0.15, -0.1) is 0 Å². The van der Waals surface area contributed by atoms with Gasteiger partial charge in [0, 0.05) is 29.5 Å². The molecule has 0 atom stereocenters. The molecule has 0 bridgehead atoms. The molecule has 0 aliphatic carbocycles. The molecule has 5 nitrogen and oxygen atoms in total. The summed E-state index contributed by atoms with van der Waals surface area (Å²) < 4.78 is 0.930. The molecule has 0 aromatic heterocycles. The minimum Gasteiger partial charge on any atom is -0.267 e. The third-order valence-corrected chi connectivity index (χ3v) is 2.83. The van der Waals surface area contributed by atoms with Crippen LogP contribution in [0.1, 0.15) is 10.4 Å². The van der Waals surface area contributed by atoms with Gasteiger partial charge in [-0.05, 0) is 24.3 Å². The normalized spacial score (nSPS) is 9.95. The van der Waals surface area contributed by atoms with Gasteiger partial charge >= 0.3 is 0 Å². The molecule has 0 saturated heterocycles. The molecule has 0 aliphatic rings. The number of rotatable bonds is 3. The van der Waals surface area contributed by atoms with E-state index in [1.54, 1.807) is 30.3 Å². The fourth-order valence-electron chi connectivity index (χ4n) is 1.52. The number of nitro groups is 1. The molecule has 0 saturated carbocycles. The van der Waals surface area contributed by atoms with Gasteiger partial charge in [-0.25, -0.2) is 4.42 Å². The average molecular weight is 277 g/mol.